The van der Waals surface area contributed by atoms with Crippen LogP contribution in [-0.4, -0.2) is 48.4 Å². The van der Waals surface area contributed by atoms with Crippen LogP contribution in [0.15, 0.2) is 24.3 Å². The summed E-state index contributed by atoms with van der Waals surface area (Å²) in [4.78, 5) is 25.5. The highest BCUT2D eigenvalue weighted by Crippen LogP contribution is 2.13. The van der Waals surface area contributed by atoms with Gasteiger partial charge >= 0.3 is 0 Å². The first-order chi connectivity index (χ1) is 9.94. The van der Waals surface area contributed by atoms with Crippen LogP contribution in [0, 0.1) is 0 Å². The minimum atomic E-state index is -0.0722. The van der Waals surface area contributed by atoms with Crippen LogP contribution in [0.25, 0.3) is 0 Å². The first-order valence-electron chi connectivity index (χ1n) is 7.22. The van der Waals surface area contributed by atoms with Crippen molar-refractivity contribution in [3.8, 4) is 0 Å². The first kappa shape index (κ1) is 15.7. The van der Waals surface area contributed by atoms with Crippen LogP contribution in [0.2, 0.25) is 0 Å². The second-order valence-electron chi connectivity index (χ2n) is 5.64. The van der Waals surface area contributed by atoms with Gasteiger partial charge in [-0.05, 0) is 32.9 Å². The van der Waals surface area contributed by atoms with E-state index in [2.05, 4.69) is 10.2 Å². The van der Waals surface area contributed by atoms with Crippen LogP contribution in [0.1, 0.15) is 31.1 Å². The normalized spacial score (nSPS) is 22.8. The summed E-state index contributed by atoms with van der Waals surface area (Å²) in [5, 5.41) is 2.84. The minimum Gasteiger partial charge on any atom is -0.373 e. The first-order valence-corrected chi connectivity index (χ1v) is 7.22. The summed E-state index contributed by atoms with van der Waals surface area (Å²) >= 11 is 0. The van der Waals surface area contributed by atoms with E-state index in [0.717, 1.165) is 13.1 Å². The smallest absolute Gasteiger partial charge is 0.238 e. The molecule has 0 bridgehead atoms. The molecular weight excluding hydrogens is 268 g/mol. The molecule has 0 unspecified atom stereocenters. The van der Waals surface area contributed by atoms with E-state index < -0.39 is 0 Å². The molecule has 2 atom stereocenters. The van der Waals surface area contributed by atoms with E-state index in [1.165, 1.54) is 6.92 Å². The number of nitrogens with zero attached hydrogens (tertiary/aromatic N) is 1. The van der Waals surface area contributed by atoms with Gasteiger partial charge in [-0.25, -0.2) is 0 Å². The van der Waals surface area contributed by atoms with Crippen LogP contribution in [-0.2, 0) is 9.53 Å². The Morgan fingerprint density at radius 1 is 1.29 bits per heavy atom. The van der Waals surface area contributed by atoms with Crippen molar-refractivity contribution in [1.82, 2.24) is 4.90 Å². The molecule has 1 aliphatic heterocycles. The Kier molecular flexibility index (Phi) is 5.09. The fourth-order valence-electron chi connectivity index (χ4n) is 2.63. The predicted molar refractivity (Wildman–Crippen MR) is 81.5 cm³/mol. The number of Topliss-reactive ketones (excluding diaryl/α,β-unsaturated/α-hetero) is 1. The van der Waals surface area contributed by atoms with Crippen molar-refractivity contribution < 1.29 is 14.3 Å². The third kappa shape index (κ3) is 4.65. The van der Waals surface area contributed by atoms with Crippen LogP contribution in [0.5, 0.6) is 0 Å². The van der Waals surface area contributed by atoms with Gasteiger partial charge in [-0.15, -0.1) is 0 Å². The van der Waals surface area contributed by atoms with Crippen molar-refractivity contribution in [2.45, 2.75) is 33.0 Å². The SMILES string of the molecule is CC(=O)c1cccc(NC(=O)CN2C[C@@H](C)O[C@@H](C)C2)c1. The number of hydrogen-bond donors (Lipinski definition) is 1. The van der Waals surface area contributed by atoms with Crippen molar-refractivity contribution in [2.24, 2.45) is 0 Å². The third-order valence-corrected chi connectivity index (χ3v) is 3.42. The maximum absolute atomic E-state index is 12.1. The Morgan fingerprint density at radius 3 is 2.57 bits per heavy atom. The average molecular weight is 290 g/mol. The fraction of sp³-hybridized carbons (Fsp3) is 0.500. The van der Waals surface area contributed by atoms with E-state index in [1.54, 1.807) is 24.3 Å². The molecule has 1 aromatic carbocycles. The van der Waals surface area contributed by atoms with Crippen molar-refractivity contribution >= 4 is 17.4 Å². The van der Waals surface area contributed by atoms with Gasteiger partial charge in [0.2, 0.25) is 5.91 Å². The lowest BCUT2D eigenvalue weighted by atomic mass is 10.1. The van der Waals surface area contributed by atoms with Gasteiger partial charge in [0.1, 0.15) is 0 Å². The Hall–Kier alpha value is -1.72. The van der Waals surface area contributed by atoms with E-state index in [1.807, 2.05) is 13.8 Å². The lowest BCUT2D eigenvalue weighted by molar-refractivity contribution is -0.121. The monoisotopic (exact) mass is 290 g/mol. The van der Waals surface area contributed by atoms with Crippen LogP contribution in [0.3, 0.4) is 0 Å². The minimum absolute atomic E-state index is 0.0121. The number of nitrogens with one attached hydrogen (secondary N) is 1. The van der Waals surface area contributed by atoms with Crippen molar-refractivity contribution in [3.05, 3.63) is 29.8 Å². The van der Waals surface area contributed by atoms with Gasteiger partial charge in [0.25, 0.3) is 0 Å². The zero-order valence-corrected chi connectivity index (χ0v) is 12.8. The van der Waals surface area contributed by atoms with Crippen molar-refractivity contribution in [2.75, 3.05) is 25.0 Å². The summed E-state index contributed by atoms with van der Waals surface area (Å²) in [7, 11) is 0. The maximum atomic E-state index is 12.1. The molecule has 1 aliphatic rings. The molecule has 1 N–H and O–H groups in total. The molecule has 114 valence electrons. The Labute approximate surface area is 125 Å². The summed E-state index contributed by atoms with van der Waals surface area (Å²) in [5.74, 6) is -0.0843. The van der Waals surface area contributed by atoms with E-state index in [0.29, 0.717) is 17.8 Å². The molecular formula is C16H22N2O3. The number of benzene rings is 1. The summed E-state index contributed by atoms with van der Waals surface area (Å²) < 4.78 is 5.65. The third-order valence-electron chi connectivity index (χ3n) is 3.42. The highest BCUT2D eigenvalue weighted by atomic mass is 16.5. The lowest BCUT2D eigenvalue weighted by Gasteiger charge is -2.34. The molecule has 2 rings (SSSR count). The molecule has 0 aromatic heterocycles. The summed E-state index contributed by atoms with van der Waals surface area (Å²) in [6, 6.07) is 6.99. The average Bonchev–Trinajstić information content (AvgIpc) is 2.37. The maximum Gasteiger partial charge on any atom is 0.238 e. The van der Waals surface area contributed by atoms with Crippen molar-refractivity contribution in [3.63, 3.8) is 0 Å². The standard InChI is InChI=1S/C16H22N2O3/c1-11-8-18(9-12(2)21-11)10-16(20)17-15-6-4-5-14(7-15)13(3)19/h4-7,11-12H,8-10H2,1-3H3,(H,17,20)/t11-,12+. The molecule has 0 radical (unpaired) electrons. The topological polar surface area (TPSA) is 58.6 Å². The molecule has 0 aliphatic carbocycles. The van der Waals surface area contributed by atoms with E-state index in [9.17, 15) is 9.59 Å². The van der Waals surface area contributed by atoms with Crippen LogP contribution in [0.4, 0.5) is 5.69 Å². The Morgan fingerprint density at radius 2 is 1.95 bits per heavy atom. The van der Waals surface area contributed by atoms with Gasteiger partial charge in [0.05, 0.1) is 18.8 Å². The predicted octanol–water partition coefficient (Wildman–Crippen LogP) is 1.94. The number of morpholine rings is 1. The molecule has 5 nitrogen and oxygen atoms in total. The second kappa shape index (κ2) is 6.83. The number of anilines is 1. The zero-order valence-electron chi connectivity index (χ0n) is 12.8. The second-order valence-corrected chi connectivity index (χ2v) is 5.64. The highest BCUT2D eigenvalue weighted by Gasteiger charge is 2.23. The molecule has 1 fully saturated rings. The Bertz CT molecular complexity index is 520. The van der Waals surface area contributed by atoms with Crippen molar-refractivity contribution in [1.29, 1.82) is 0 Å². The number of ketones is 1. The van der Waals surface area contributed by atoms with E-state index in [-0.39, 0.29) is 23.9 Å². The number of hydrogen-bond acceptors (Lipinski definition) is 4. The molecule has 5 heteroatoms. The summed E-state index contributed by atoms with van der Waals surface area (Å²) in [6.07, 6.45) is 0.283. The highest BCUT2D eigenvalue weighted by molar-refractivity contribution is 5.97. The lowest BCUT2D eigenvalue weighted by Crippen LogP contribution is -2.48. The van der Waals surface area contributed by atoms with Gasteiger partial charge in [-0.2, -0.15) is 0 Å². The number of ether oxygens (including phenoxy) is 1. The summed E-state index contributed by atoms with van der Waals surface area (Å²) in [6.45, 7) is 7.38. The number of rotatable bonds is 4. The Balaban J connectivity index is 1.92. The zero-order chi connectivity index (χ0) is 15.4. The molecule has 0 spiro atoms. The van der Waals surface area contributed by atoms with Gasteiger partial charge < -0.3 is 10.1 Å². The molecule has 1 amide bonds. The van der Waals surface area contributed by atoms with E-state index >= 15 is 0 Å². The number of carbonyl (C=O) groups excluding carboxylic acids is 2. The summed E-state index contributed by atoms with van der Waals surface area (Å²) in [5.41, 5.74) is 1.25. The van der Waals surface area contributed by atoms with Gasteiger partial charge in [-0.3, -0.25) is 14.5 Å². The van der Waals surface area contributed by atoms with Crippen LogP contribution >= 0.6 is 0 Å². The number of amides is 1. The van der Waals surface area contributed by atoms with Gasteiger partial charge in [-0.1, -0.05) is 12.1 Å². The van der Waals surface area contributed by atoms with Gasteiger partial charge in [0.15, 0.2) is 5.78 Å². The van der Waals surface area contributed by atoms with Crippen LogP contribution < -0.4 is 5.32 Å². The fourth-order valence-corrected chi connectivity index (χ4v) is 2.63. The molecule has 1 aromatic rings. The number of carbonyl (C=O) groups is 2. The van der Waals surface area contributed by atoms with Gasteiger partial charge in [0, 0.05) is 24.3 Å². The largest absolute Gasteiger partial charge is 0.373 e. The quantitative estimate of drug-likeness (QED) is 0.861. The molecule has 1 heterocycles. The molecule has 0 saturated carbocycles. The molecule has 1 saturated heterocycles. The van der Waals surface area contributed by atoms with E-state index in [4.69, 9.17) is 4.74 Å². The molecule has 21 heavy (non-hydrogen) atoms.